The van der Waals surface area contributed by atoms with Gasteiger partial charge in [0.1, 0.15) is 17.2 Å². The molecule has 30 heavy (non-hydrogen) atoms. The van der Waals surface area contributed by atoms with Crippen LogP contribution >= 0.6 is 0 Å². The molecule has 0 N–H and O–H groups in total. The molecule has 4 nitrogen and oxygen atoms in total. The monoisotopic (exact) mass is 400 g/mol. The Hall–Kier alpha value is -3.53. The van der Waals surface area contributed by atoms with Crippen LogP contribution in [-0.4, -0.2) is 19.5 Å². The van der Waals surface area contributed by atoms with Gasteiger partial charge in [-0.25, -0.2) is 0 Å². The quantitative estimate of drug-likeness (QED) is 0.508. The standard InChI is InChI=1S/C26H24O4/c1-4-29-21-10-6-18(7-11-21)16-23-25(27)22-14-5-17(2)15-24(22)30-26(23)19-8-12-20(28-3)13-9-19/h5-16,26H,4H2,1-3H3/b23-16-. The molecule has 0 aromatic heterocycles. The number of hydrogen-bond acceptors (Lipinski definition) is 4. The lowest BCUT2D eigenvalue weighted by molar-refractivity contribution is 0.0963. The summed E-state index contributed by atoms with van der Waals surface area (Å²) in [6, 6.07) is 21.0. The largest absolute Gasteiger partial charge is 0.497 e. The smallest absolute Gasteiger partial charge is 0.196 e. The Morgan fingerprint density at radius 1 is 0.967 bits per heavy atom. The molecule has 1 aliphatic rings. The molecule has 1 unspecified atom stereocenters. The van der Waals surface area contributed by atoms with E-state index in [2.05, 4.69) is 0 Å². The first kappa shape index (κ1) is 19.8. The number of carbonyl (C=O) groups excluding carboxylic acids is 1. The zero-order chi connectivity index (χ0) is 21.1. The highest BCUT2D eigenvalue weighted by Gasteiger charge is 2.33. The molecule has 3 aromatic carbocycles. The number of fused-ring (bicyclic) bond motifs is 1. The summed E-state index contributed by atoms with van der Waals surface area (Å²) in [5.41, 5.74) is 4.05. The van der Waals surface area contributed by atoms with Crippen LogP contribution in [-0.2, 0) is 0 Å². The zero-order valence-electron chi connectivity index (χ0n) is 17.3. The van der Waals surface area contributed by atoms with E-state index in [0.717, 1.165) is 28.2 Å². The van der Waals surface area contributed by atoms with Crippen molar-refractivity contribution in [3.63, 3.8) is 0 Å². The molecule has 1 heterocycles. The van der Waals surface area contributed by atoms with Crippen LogP contribution in [0.25, 0.3) is 6.08 Å². The third-order valence-electron chi connectivity index (χ3n) is 5.10. The molecule has 0 aliphatic carbocycles. The predicted molar refractivity (Wildman–Crippen MR) is 117 cm³/mol. The van der Waals surface area contributed by atoms with Gasteiger partial charge in [-0.1, -0.05) is 30.3 Å². The van der Waals surface area contributed by atoms with E-state index in [1.165, 1.54) is 0 Å². The molecular formula is C26H24O4. The van der Waals surface area contributed by atoms with Crippen molar-refractivity contribution < 1.29 is 19.0 Å². The maximum atomic E-state index is 13.4. The highest BCUT2D eigenvalue weighted by Crippen LogP contribution is 2.40. The number of benzene rings is 3. The average molecular weight is 400 g/mol. The molecule has 1 aliphatic heterocycles. The van der Waals surface area contributed by atoms with Crippen molar-refractivity contribution in [3.05, 3.63) is 94.6 Å². The van der Waals surface area contributed by atoms with Gasteiger partial charge in [-0.2, -0.15) is 0 Å². The van der Waals surface area contributed by atoms with Crippen molar-refractivity contribution in [3.8, 4) is 17.2 Å². The van der Waals surface area contributed by atoms with Gasteiger partial charge in [0.2, 0.25) is 0 Å². The number of methoxy groups -OCH3 is 1. The van der Waals surface area contributed by atoms with Gasteiger partial charge in [0, 0.05) is 5.57 Å². The van der Waals surface area contributed by atoms with Gasteiger partial charge >= 0.3 is 0 Å². The average Bonchev–Trinajstić information content (AvgIpc) is 2.77. The minimum Gasteiger partial charge on any atom is -0.497 e. The molecule has 0 spiro atoms. The lowest BCUT2D eigenvalue weighted by atomic mass is 9.89. The highest BCUT2D eigenvalue weighted by atomic mass is 16.5. The second-order valence-electron chi connectivity index (χ2n) is 7.20. The minimum atomic E-state index is -0.496. The summed E-state index contributed by atoms with van der Waals surface area (Å²) in [6.45, 7) is 4.55. The SMILES string of the molecule is CCOc1ccc(/C=C2/C(=O)c3ccc(C)cc3OC2c2ccc(OC)cc2)cc1. The van der Waals surface area contributed by atoms with Crippen LogP contribution in [0.1, 0.15) is 40.1 Å². The third kappa shape index (κ3) is 3.94. The van der Waals surface area contributed by atoms with Crippen LogP contribution in [0.2, 0.25) is 0 Å². The number of ether oxygens (including phenoxy) is 3. The number of rotatable bonds is 5. The van der Waals surface area contributed by atoms with Crippen molar-refractivity contribution in [1.82, 2.24) is 0 Å². The fourth-order valence-electron chi connectivity index (χ4n) is 3.55. The van der Waals surface area contributed by atoms with E-state index >= 15 is 0 Å². The summed E-state index contributed by atoms with van der Waals surface area (Å²) >= 11 is 0. The molecule has 0 bridgehead atoms. The van der Waals surface area contributed by atoms with Crippen molar-refractivity contribution in [2.24, 2.45) is 0 Å². The Balaban J connectivity index is 1.78. The van der Waals surface area contributed by atoms with Gasteiger partial charge in [0.05, 0.1) is 19.3 Å². The van der Waals surface area contributed by atoms with Gasteiger partial charge in [0.25, 0.3) is 0 Å². The van der Waals surface area contributed by atoms with Crippen LogP contribution in [0.15, 0.2) is 72.3 Å². The van der Waals surface area contributed by atoms with E-state index in [1.807, 2.05) is 86.7 Å². The molecule has 3 aromatic rings. The molecular weight excluding hydrogens is 376 g/mol. The Morgan fingerprint density at radius 2 is 1.67 bits per heavy atom. The summed E-state index contributed by atoms with van der Waals surface area (Å²) in [5.74, 6) is 2.16. The Kier molecular flexibility index (Phi) is 5.57. The van der Waals surface area contributed by atoms with E-state index < -0.39 is 6.10 Å². The van der Waals surface area contributed by atoms with E-state index in [-0.39, 0.29) is 5.78 Å². The topological polar surface area (TPSA) is 44.8 Å². The summed E-state index contributed by atoms with van der Waals surface area (Å²) < 4.78 is 17.1. The number of Topliss-reactive ketones (excluding diaryl/α,β-unsaturated/α-hetero) is 1. The number of ketones is 1. The third-order valence-corrected chi connectivity index (χ3v) is 5.10. The van der Waals surface area contributed by atoms with Crippen LogP contribution in [0.3, 0.4) is 0 Å². The van der Waals surface area contributed by atoms with Gasteiger partial charge < -0.3 is 14.2 Å². The first-order valence-corrected chi connectivity index (χ1v) is 9.99. The second kappa shape index (κ2) is 8.46. The van der Waals surface area contributed by atoms with E-state index in [0.29, 0.717) is 23.5 Å². The van der Waals surface area contributed by atoms with E-state index in [9.17, 15) is 4.79 Å². The molecule has 4 rings (SSSR count). The van der Waals surface area contributed by atoms with Crippen LogP contribution in [0.5, 0.6) is 17.2 Å². The van der Waals surface area contributed by atoms with Crippen LogP contribution in [0.4, 0.5) is 0 Å². The normalized spacial score (nSPS) is 16.7. The minimum absolute atomic E-state index is 0.0223. The molecule has 152 valence electrons. The van der Waals surface area contributed by atoms with Crippen LogP contribution < -0.4 is 14.2 Å². The summed E-state index contributed by atoms with van der Waals surface area (Å²) in [4.78, 5) is 13.4. The lowest BCUT2D eigenvalue weighted by Crippen LogP contribution is -2.24. The maximum Gasteiger partial charge on any atom is 0.196 e. The molecule has 0 amide bonds. The van der Waals surface area contributed by atoms with E-state index in [1.54, 1.807) is 7.11 Å². The number of hydrogen-bond donors (Lipinski definition) is 0. The molecule has 1 atom stereocenters. The van der Waals surface area contributed by atoms with Crippen molar-refractivity contribution in [1.29, 1.82) is 0 Å². The van der Waals surface area contributed by atoms with Gasteiger partial charge in [-0.3, -0.25) is 4.79 Å². The Morgan fingerprint density at radius 3 is 2.33 bits per heavy atom. The fourth-order valence-corrected chi connectivity index (χ4v) is 3.55. The first-order chi connectivity index (χ1) is 14.6. The van der Waals surface area contributed by atoms with Crippen molar-refractivity contribution >= 4 is 11.9 Å². The predicted octanol–water partition coefficient (Wildman–Crippen LogP) is 5.80. The summed E-state index contributed by atoms with van der Waals surface area (Å²) in [5, 5.41) is 0. The number of aryl methyl sites for hydroxylation is 1. The van der Waals surface area contributed by atoms with Gasteiger partial charge in [0.15, 0.2) is 11.9 Å². The molecule has 0 saturated carbocycles. The first-order valence-electron chi connectivity index (χ1n) is 9.99. The summed E-state index contributed by atoms with van der Waals surface area (Å²) in [6.07, 6.45) is 1.40. The second-order valence-corrected chi connectivity index (χ2v) is 7.20. The summed E-state index contributed by atoms with van der Waals surface area (Å²) in [7, 11) is 1.63. The van der Waals surface area contributed by atoms with Gasteiger partial charge in [-0.05, 0) is 73.0 Å². The number of carbonyl (C=O) groups is 1. The van der Waals surface area contributed by atoms with Gasteiger partial charge in [-0.15, -0.1) is 0 Å². The fraction of sp³-hybridized carbons (Fsp3) is 0.192. The molecule has 4 heteroatoms. The molecule has 0 fully saturated rings. The van der Waals surface area contributed by atoms with Crippen molar-refractivity contribution in [2.45, 2.75) is 20.0 Å². The zero-order valence-corrected chi connectivity index (χ0v) is 17.3. The maximum absolute atomic E-state index is 13.4. The van der Waals surface area contributed by atoms with Crippen LogP contribution in [0, 0.1) is 6.92 Å². The van der Waals surface area contributed by atoms with Crippen molar-refractivity contribution in [2.75, 3.05) is 13.7 Å². The molecule has 0 radical (unpaired) electrons. The van der Waals surface area contributed by atoms with E-state index in [4.69, 9.17) is 14.2 Å². The Labute approximate surface area is 176 Å². The Bertz CT molecular complexity index is 1080. The molecule has 0 saturated heterocycles. The highest BCUT2D eigenvalue weighted by molar-refractivity contribution is 6.14. The lowest BCUT2D eigenvalue weighted by Gasteiger charge is -2.28.